The van der Waals surface area contributed by atoms with Crippen LogP contribution in [-0.4, -0.2) is 36.5 Å². The molecular weight excluding hydrogens is 370 g/mol. The van der Waals surface area contributed by atoms with Crippen LogP contribution in [0.15, 0.2) is 72.9 Å². The quantitative estimate of drug-likeness (QED) is 0.742. The molecule has 1 aliphatic heterocycles. The fourth-order valence-corrected chi connectivity index (χ4v) is 3.01. The second-order valence-electron chi connectivity index (χ2n) is 6.49. The summed E-state index contributed by atoms with van der Waals surface area (Å²) in [5.74, 6) is 0.974. The third-order valence-electron chi connectivity index (χ3n) is 4.51. The van der Waals surface area contributed by atoms with E-state index in [0.717, 1.165) is 0 Å². The first-order chi connectivity index (χ1) is 14.1. The molecular formula is C22H19N3O4. The Hall–Kier alpha value is -3.87. The van der Waals surface area contributed by atoms with E-state index in [-0.39, 0.29) is 18.2 Å². The van der Waals surface area contributed by atoms with Crippen LogP contribution in [0, 0.1) is 0 Å². The number of nitrogens with one attached hydrogen (secondary N) is 1. The second kappa shape index (κ2) is 8.02. The van der Waals surface area contributed by atoms with Crippen LogP contribution in [0.5, 0.6) is 17.2 Å². The number of nitrogens with zero attached hydrogens (tertiary/aromatic N) is 2. The Bertz CT molecular complexity index is 1040. The smallest absolute Gasteiger partial charge is 0.270 e. The minimum atomic E-state index is -0.833. The van der Waals surface area contributed by atoms with E-state index in [0.29, 0.717) is 22.9 Å². The lowest BCUT2D eigenvalue weighted by atomic mass is 10.2. The number of aromatic nitrogens is 1. The summed E-state index contributed by atoms with van der Waals surface area (Å²) in [6.07, 6.45) is 1.49. The van der Waals surface area contributed by atoms with Gasteiger partial charge in [-0.05, 0) is 30.3 Å². The summed E-state index contributed by atoms with van der Waals surface area (Å²) < 4.78 is 11.5. The highest BCUT2D eigenvalue weighted by molar-refractivity contribution is 6.02. The van der Waals surface area contributed by atoms with Crippen molar-refractivity contribution in [1.82, 2.24) is 10.3 Å². The maximum atomic E-state index is 12.8. The molecule has 1 aliphatic rings. The molecule has 2 aromatic carbocycles. The molecule has 2 amide bonds. The van der Waals surface area contributed by atoms with Crippen molar-refractivity contribution in [3.05, 3.63) is 78.6 Å². The van der Waals surface area contributed by atoms with Gasteiger partial charge in [-0.1, -0.05) is 30.3 Å². The van der Waals surface area contributed by atoms with Gasteiger partial charge in [-0.2, -0.15) is 0 Å². The SMILES string of the molecule is CN1C(=O)[C@@H](NC(=O)c2cc(Oc3ccccc3)ccn2)COc2ccccc21. The Morgan fingerprint density at radius 1 is 1.10 bits per heavy atom. The Morgan fingerprint density at radius 3 is 2.69 bits per heavy atom. The molecule has 2 heterocycles. The van der Waals surface area contributed by atoms with Gasteiger partial charge in [0.2, 0.25) is 0 Å². The fraction of sp³-hybridized carbons (Fsp3) is 0.136. The molecule has 0 aliphatic carbocycles. The summed E-state index contributed by atoms with van der Waals surface area (Å²) in [7, 11) is 1.65. The number of ether oxygens (including phenoxy) is 2. The third kappa shape index (κ3) is 4.03. The topological polar surface area (TPSA) is 80.8 Å². The monoisotopic (exact) mass is 389 g/mol. The van der Waals surface area contributed by atoms with Crippen molar-refractivity contribution in [1.29, 1.82) is 0 Å². The number of anilines is 1. The molecule has 146 valence electrons. The molecule has 0 fully saturated rings. The highest BCUT2D eigenvalue weighted by Gasteiger charge is 2.30. The molecule has 0 radical (unpaired) electrons. The molecule has 0 saturated carbocycles. The number of amides is 2. The predicted octanol–water partition coefficient (Wildman–Crippen LogP) is 3.03. The van der Waals surface area contributed by atoms with Crippen LogP contribution in [-0.2, 0) is 4.79 Å². The van der Waals surface area contributed by atoms with Gasteiger partial charge in [0.1, 0.15) is 35.6 Å². The number of likely N-dealkylation sites (N-methyl/N-ethyl adjacent to an activating group) is 1. The van der Waals surface area contributed by atoms with Crippen LogP contribution in [0.3, 0.4) is 0 Å². The van der Waals surface area contributed by atoms with E-state index in [9.17, 15) is 9.59 Å². The number of carbonyl (C=O) groups is 2. The molecule has 3 aromatic rings. The van der Waals surface area contributed by atoms with Crippen molar-refractivity contribution in [2.24, 2.45) is 0 Å². The van der Waals surface area contributed by atoms with Gasteiger partial charge in [-0.25, -0.2) is 0 Å². The lowest BCUT2D eigenvalue weighted by molar-refractivity contribution is -0.120. The Labute approximate surface area is 167 Å². The summed E-state index contributed by atoms with van der Waals surface area (Å²) in [5, 5.41) is 2.71. The first kappa shape index (κ1) is 18.5. The van der Waals surface area contributed by atoms with Gasteiger partial charge in [-0.15, -0.1) is 0 Å². The fourth-order valence-electron chi connectivity index (χ4n) is 3.01. The third-order valence-corrected chi connectivity index (χ3v) is 4.51. The lowest BCUT2D eigenvalue weighted by Gasteiger charge is -2.20. The van der Waals surface area contributed by atoms with Gasteiger partial charge < -0.3 is 19.7 Å². The van der Waals surface area contributed by atoms with Crippen LogP contribution in [0.4, 0.5) is 5.69 Å². The minimum Gasteiger partial charge on any atom is -0.489 e. The van der Waals surface area contributed by atoms with Crippen molar-refractivity contribution in [3.63, 3.8) is 0 Å². The number of hydrogen-bond acceptors (Lipinski definition) is 5. The number of carbonyl (C=O) groups excluding carboxylic acids is 2. The Morgan fingerprint density at radius 2 is 1.86 bits per heavy atom. The highest BCUT2D eigenvalue weighted by Crippen LogP contribution is 2.30. The van der Waals surface area contributed by atoms with Gasteiger partial charge in [0.05, 0.1) is 5.69 Å². The van der Waals surface area contributed by atoms with Crippen LogP contribution in [0.1, 0.15) is 10.5 Å². The van der Waals surface area contributed by atoms with E-state index in [4.69, 9.17) is 9.47 Å². The number of benzene rings is 2. The van der Waals surface area contributed by atoms with Gasteiger partial charge >= 0.3 is 0 Å². The van der Waals surface area contributed by atoms with E-state index in [1.54, 1.807) is 25.2 Å². The van der Waals surface area contributed by atoms with E-state index in [1.807, 2.05) is 42.5 Å². The van der Waals surface area contributed by atoms with E-state index >= 15 is 0 Å². The maximum Gasteiger partial charge on any atom is 0.270 e. The van der Waals surface area contributed by atoms with Gasteiger partial charge in [0, 0.05) is 19.3 Å². The van der Waals surface area contributed by atoms with Gasteiger partial charge in [0.15, 0.2) is 0 Å². The number of rotatable bonds is 4. The maximum absolute atomic E-state index is 12.8. The molecule has 0 unspecified atom stereocenters. The molecule has 1 N–H and O–H groups in total. The molecule has 7 heteroatoms. The summed E-state index contributed by atoms with van der Waals surface area (Å²) in [5.41, 5.74) is 0.807. The van der Waals surface area contributed by atoms with Gasteiger partial charge in [-0.3, -0.25) is 14.6 Å². The van der Waals surface area contributed by atoms with Gasteiger partial charge in [0.25, 0.3) is 11.8 Å². The Balaban J connectivity index is 1.48. The molecule has 0 saturated heterocycles. The number of hydrogen-bond donors (Lipinski definition) is 1. The number of para-hydroxylation sites is 3. The van der Waals surface area contributed by atoms with Crippen LogP contribution >= 0.6 is 0 Å². The van der Waals surface area contributed by atoms with Crippen molar-refractivity contribution in [3.8, 4) is 17.2 Å². The van der Waals surface area contributed by atoms with Crippen molar-refractivity contribution >= 4 is 17.5 Å². The number of pyridine rings is 1. The summed E-state index contributed by atoms with van der Waals surface area (Å²) in [6.45, 7) is 0.0339. The standard InChI is InChI=1S/C22H19N3O4/c1-25-19-9-5-6-10-20(19)28-14-18(22(25)27)24-21(26)17-13-16(11-12-23-17)29-15-7-3-2-4-8-15/h2-13,18H,14H2,1H3,(H,24,26)/t18-/m0/s1. The van der Waals surface area contributed by atoms with Crippen LogP contribution in [0.25, 0.3) is 0 Å². The molecule has 0 bridgehead atoms. The molecule has 29 heavy (non-hydrogen) atoms. The van der Waals surface area contributed by atoms with E-state index < -0.39 is 11.9 Å². The summed E-state index contributed by atoms with van der Waals surface area (Å²) in [6, 6.07) is 18.8. The zero-order valence-electron chi connectivity index (χ0n) is 15.7. The summed E-state index contributed by atoms with van der Waals surface area (Å²) in [4.78, 5) is 31.0. The number of fused-ring (bicyclic) bond motifs is 1. The van der Waals surface area contributed by atoms with E-state index in [1.165, 1.54) is 17.2 Å². The zero-order valence-corrected chi connectivity index (χ0v) is 15.7. The van der Waals surface area contributed by atoms with Crippen LogP contribution in [0.2, 0.25) is 0 Å². The lowest BCUT2D eigenvalue weighted by Crippen LogP contribution is -2.49. The zero-order chi connectivity index (χ0) is 20.2. The molecule has 0 spiro atoms. The minimum absolute atomic E-state index is 0.0339. The van der Waals surface area contributed by atoms with Crippen molar-refractivity contribution < 1.29 is 19.1 Å². The first-order valence-corrected chi connectivity index (χ1v) is 9.11. The predicted molar refractivity (Wildman–Crippen MR) is 107 cm³/mol. The Kier molecular flexibility index (Phi) is 5.11. The average Bonchev–Trinajstić information content (AvgIpc) is 2.87. The largest absolute Gasteiger partial charge is 0.489 e. The van der Waals surface area contributed by atoms with E-state index in [2.05, 4.69) is 10.3 Å². The average molecular weight is 389 g/mol. The second-order valence-corrected chi connectivity index (χ2v) is 6.49. The molecule has 4 rings (SSSR count). The molecule has 7 nitrogen and oxygen atoms in total. The van der Waals surface area contributed by atoms with Crippen LogP contribution < -0.4 is 19.7 Å². The van der Waals surface area contributed by atoms with Crippen molar-refractivity contribution in [2.75, 3.05) is 18.6 Å². The van der Waals surface area contributed by atoms with Crippen molar-refractivity contribution in [2.45, 2.75) is 6.04 Å². The highest BCUT2D eigenvalue weighted by atomic mass is 16.5. The molecule has 1 aromatic heterocycles. The normalized spacial score (nSPS) is 15.7. The summed E-state index contributed by atoms with van der Waals surface area (Å²) >= 11 is 0. The molecule has 1 atom stereocenters. The first-order valence-electron chi connectivity index (χ1n) is 9.11.